The number of imidazole rings is 1. The molecule has 8 heteroatoms. The first kappa shape index (κ1) is 15.3. The van der Waals surface area contributed by atoms with Crippen LogP contribution in [-0.4, -0.2) is 64.3 Å². The van der Waals surface area contributed by atoms with Crippen LogP contribution >= 0.6 is 0 Å². The number of amides is 2. The van der Waals surface area contributed by atoms with Crippen LogP contribution in [-0.2, 0) is 11.2 Å². The molecule has 1 aliphatic rings. The van der Waals surface area contributed by atoms with E-state index in [-0.39, 0.29) is 30.4 Å². The van der Waals surface area contributed by atoms with Gasteiger partial charge in [0, 0.05) is 25.5 Å². The number of aromatic amines is 1. The molecule has 1 saturated heterocycles. The second kappa shape index (κ2) is 6.57. The van der Waals surface area contributed by atoms with E-state index in [1.807, 2.05) is 6.92 Å². The number of carbonyl (C=O) groups excluding carboxylic acids is 1. The molecule has 0 unspecified atom stereocenters. The number of ether oxygens (including phenoxy) is 1. The van der Waals surface area contributed by atoms with Crippen molar-refractivity contribution in [2.24, 2.45) is 0 Å². The van der Waals surface area contributed by atoms with Gasteiger partial charge in [0.25, 0.3) is 5.91 Å². The molecule has 1 aromatic heterocycles. The molecular formula is C13H20N4O4. The van der Waals surface area contributed by atoms with Crippen molar-refractivity contribution in [2.45, 2.75) is 31.9 Å². The first-order chi connectivity index (χ1) is 10.0. The highest BCUT2D eigenvalue weighted by Crippen LogP contribution is 2.14. The second-order valence-corrected chi connectivity index (χ2v) is 4.98. The van der Waals surface area contributed by atoms with Gasteiger partial charge in [0.15, 0.2) is 5.82 Å². The molecule has 2 amide bonds. The van der Waals surface area contributed by atoms with Gasteiger partial charge in [0.05, 0.1) is 18.7 Å². The maximum absolute atomic E-state index is 12.1. The number of nitrogens with one attached hydrogen (secondary N) is 2. The summed E-state index contributed by atoms with van der Waals surface area (Å²) in [6.07, 6.45) is 1.59. The molecule has 2 heterocycles. The van der Waals surface area contributed by atoms with Crippen LogP contribution in [0.15, 0.2) is 6.20 Å². The minimum Gasteiger partial charge on any atom is -0.465 e. The van der Waals surface area contributed by atoms with Gasteiger partial charge >= 0.3 is 6.09 Å². The standard InChI is InChI=1S/C13H20N4O4/c1-3-8-6-14-11(15-8)12(18)16-9-4-5-17(13(19)20)7-10(9)21-2/h6,9-10H,3-5,7H2,1-2H3,(H,14,15)(H,16,18)(H,19,20)/t9-,10+/m1/s1. The minimum atomic E-state index is -0.972. The molecule has 0 aromatic carbocycles. The maximum Gasteiger partial charge on any atom is 0.407 e. The molecular weight excluding hydrogens is 276 g/mol. The van der Waals surface area contributed by atoms with Crippen molar-refractivity contribution in [1.29, 1.82) is 0 Å². The smallest absolute Gasteiger partial charge is 0.407 e. The molecule has 2 rings (SSSR count). The number of hydrogen-bond donors (Lipinski definition) is 3. The van der Waals surface area contributed by atoms with Crippen molar-refractivity contribution in [1.82, 2.24) is 20.2 Å². The average molecular weight is 296 g/mol. The number of rotatable bonds is 4. The van der Waals surface area contributed by atoms with Crippen molar-refractivity contribution < 1.29 is 19.4 Å². The van der Waals surface area contributed by atoms with Crippen LogP contribution in [0.5, 0.6) is 0 Å². The number of carbonyl (C=O) groups is 2. The molecule has 0 spiro atoms. The van der Waals surface area contributed by atoms with Crippen LogP contribution in [0.4, 0.5) is 4.79 Å². The normalized spacial score (nSPS) is 22.1. The first-order valence-corrected chi connectivity index (χ1v) is 6.90. The molecule has 2 atom stereocenters. The lowest BCUT2D eigenvalue weighted by molar-refractivity contribution is 0.0100. The molecule has 0 bridgehead atoms. The molecule has 1 aromatic rings. The summed E-state index contributed by atoms with van der Waals surface area (Å²) in [5.74, 6) is -0.0344. The molecule has 8 nitrogen and oxygen atoms in total. The third-order valence-corrected chi connectivity index (χ3v) is 3.67. The molecule has 0 radical (unpaired) electrons. The summed E-state index contributed by atoms with van der Waals surface area (Å²) in [6.45, 7) is 2.59. The van der Waals surface area contributed by atoms with Gasteiger partial charge in [-0.05, 0) is 12.8 Å². The van der Waals surface area contributed by atoms with Crippen LogP contribution in [0.3, 0.4) is 0 Å². The number of aryl methyl sites for hydroxylation is 1. The lowest BCUT2D eigenvalue weighted by Gasteiger charge is -2.36. The Labute approximate surface area is 122 Å². The van der Waals surface area contributed by atoms with E-state index in [0.29, 0.717) is 13.0 Å². The zero-order valence-electron chi connectivity index (χ0n) is 12.1. The number of piperidine rings is 1. The van der Waals surface area contributed by atoms with E-state index in [9.17, 15) is 9.59 Å². The molecule has 1 aliphatic heterocycles. The third-order valence-electron chi connectivity index (χ3n) is 3.67. The van der Waals surface area contributed by atoms with E-state index in [4.69, 9.17) is 9.84 Å². The monoisotopic (exact) mass is 296 g/mol. The Balaban J connectivity index is 1.98. The Morgan fingerprint density at radius 3 is 2.95 bits per heavy atom. The van der Waals surface area contributed by atoms with Gasteiger partial charge in [-0.15, -0.1) is 0 Å². The fraction of sp³-hybridized carbons (Fsp3) is 0.615. The van der Waals surface area contributed by atoms with Crippen LogP contribution in [0.2, 0.25) is 0 Å². The molecule has 1 fully saturated rings. The van der Waals surface area contributed by atoms with E-state index >= 15 is 0 Å². The number of nitrogens with zero attached hydrogens (tertiary/aromatic N) is 2. The third kappa shape index (κ3) is 3.52. The van der Waals surface area contributed by atoms with Crippen molar-refractivity contribution in [3.8, 4) is 0 Å². The Bertz CT molecular complexity index is 516. The van der Waals surface area contributed by atoms with Crippen LogP contribution < -0.4 is 5.32 Å². The van der Waals surface area contributed by atoms with Crippen LogP contribution in [0, 0.1) is 0 Å². The van der Waals surface area contributed by atoms with Crippen LogP contribution in [0.25, 0.3) is 0 Å². The van der Waals surface area contributed by atoms with Gasteiger partial charge in [-0.1, -0.05) is 6.92 Å². The van der Waals surface area contributed by atoms with Crippen molar-refractivity contribution >= 4 is 12.0 Å². The Morgan fingerprint density at radius 2 is 2.38 bits per heavy atom. The van der Waals surface area contributed by atoms with Crippen LogP contribution in [0.1, 0.15) is 29.7 Å². The minimum absolute atomic E-state index is 0.228. The molecule has 21 heavy (non-hydrogen) atoms. The summed E-state index contributed by atoms with van der Waals surface area (Å²) in [5.41, 5.74) is 0.893. The van der Waals surface area contributed by atoms with Gasteiger partial charge < -0.3 is 25.0 Å². The fourth-order valence-electron chi connectivity index (χ4n) is 2.39. The van der Waals surface area contributed by atoms with Gasteiger partial charge in [-0.2, -0.15) is 0 Å². The molecule has 0 saturated carbocycles. The van der Waals surface area contributed by atoms with E-state index in [1.165, 1.54) is 12.0 Å². The number of hydrogen-bond acceptors (Lipinski definition) is 4. The summed E-state index contributed by atoms with van der Waals surface area (Å²) in [5, 5.41) is 11.9. The van der Waals surface area contributed by atoms with E-state index in [0.717, 1.165) is 12.1 Å². The highest BCUT2D eigenvalue weighted by molar-refractivity contribution is 5.90. The largest absolute Gasteiger partial charge is 0.465 e. The van der Waals surface area contributed by atoms with E-state index in [1.54, 1.807) is 6.20 Å². The highest BCUT2D eigenvalue weighted by atomic mass is 16.5. The average Bonchev–Trinajstić information content (AvgIpc) is 2.96. The Kier molecular flexibility index (Phi) is 4.79. The number of aromatic nitrogens is 2. The second-order valence-electron chi connectivity index (χ2n) is 4.98. The first-order valence-electron chi connectivity index (χ1n) is 6.90. The molecule has 116 valence electrons. The van der Waals surface area contributed by atoms with E-state index < -0.39 is 6.09 Å². The summed E-state index contributed by atoms with van der Waals surface area (Å²) in [6, 6.07) is -0.228. The predicted octanol–water partition coefficient (Wildman–Crippen LogP) is 0.469. The molecule has 0 aliphatic carbocycles. The fourth-order valence-corrected chi connectivity index (χ4v) is 2.39. The number of likely N-dealkylation sites (tertiary alicyclic amines) is 1. The Hall–Kier alpha value is -2.09. The lowest BCUT2D eigenvalue weighted by Crippen LogP contribution is -2.55. The van der Waals surface area contributed by atoms with Crippen molar-refractivity contribution in [2.75, 3.05) is 20.2 Å². The number of methoxy groups -OCH3 is 1. The lowest BCUT2D eigenvalue weighted by atomic mass is 10.0. The zero-order valence-corrected chi connectivity index (χ0v) is 12.1. The number of H-pyrrole nitrogens is 1. The predicted molar refractivity (Wildman–Crippen MR) is 74.2 cm³/mol. The SMILES string of the molecule is CCc1cnc(C(=O)N[C@@H]2CCN(C(=O)O)C[C@@H]2OC)[nH]1. The maximum atomic E-state index is 12.1. The summed E-state index contributed by atoms with van der Waals surface area (Å²) < 4.78 is 5.30. The highest BCUT2D eigenvalue weighted by Gasteiger charge is 2.33. The van der Waals surface area contributed by atoms with Gasteiger partial charge in [0.1, 0.15) is 0 Å². The Morgan fingerprint density at radius 1 is 1.62 bits per heavy atom. The summed E-state index contributed by atoms with van der Waals surface area (Å²) >= 11 is 0. The van der Waals surface area contributed by atoms with Gasteiger partial charge in [-0.25, -0.2) is 9.78 Å². The van der Waals surface area contributed by atoms with E-state index in [2.05, 4.69) is 15.3 Å². The topological polar surface area (TPSA) is 108 Å². The summed E-state index contributed by atoms with van der Waals surface area (Å²) in [7, 11) is 1.51. The van der Waals surface area contributed by atoms with Gasteiger partial charge in [-0.3, -0.25) is 4.79 Å². The van der Waals surface area contributed by atoms with Gasteiger partial charge in [0.2, 0.25) is 0 Å². The van der Waals surface area contributed by atoms with Crippen molar-refractivity contribution in [3.05, 3.63) is 17.7 Å². The van der Waals surface area contributed by atoms with Crippen molar-refractivity contribution in [3.63, 3.8) is 0 Å². The number of carboxylic acid groups (broad SMARTS) is 1. The molecule has 3 N–H and O–H groups in total. The zero-order chi connectivity index (χ0) is 15.4. The summed E-state index contributed by atoms with van der Waals surface area (Å²) in [4.78, 5) is 31.4. The quantitative estimate of drug-likeness (QED) is 0.748.